The minimum Gasteiger partial charge on any atom is -0.390 e. The van der Waals surface area contributed by atoms with Gasteiger partial charge in [0.25, 0.3) is 0 Å². The molecule has 0 heterocycles. The number of unbranched alkanes of at least 4 members (excludes halogenated alkanes) is 10. The number of nitrogens with one attached hydrogen (secondary N) is 1. The van der Waals surface area contributed by atoms with E-state index < -0.39 is 12.2 Å². The molecule has 0 rings (SSSR count). The van der Waals surface area contributed by atoms with Gasteiger partial charge in [-0.1, -0.05) is 77.6 Å². The number of rotatable bonds is 17. The molecule has 0 amide bonds. The Morgan fingerprint density at radius 1 is 0.636 bits per heavy atom. The van der Waals surface area contributed by atoms with E-state index in [1.807, 2.05) is 0 Å². The maximum atomic E-state index is 9.95. The molecule has 0 aliphatic heterocycles. The van der Waals surface area contributed by atoms with Crippen LogP contribution in [-0.4, -0.2) is 34.2 Å². The van der Waals surface area contributed by atoms with Crippen molar-refractivity contribution in [3.8, 4) is 0 Å². The van der Waals surface area contributed by atoms with Gasteiger partial charge in [-0.2, -0.15) is 0 Å². The van der Waals surface area contributed by atoms with Gasteiger partial charge in [-0.3, -0.25) is 0 Å². The highest BCUT2D eigenvalue weighted by Crippen LogP contribution is 2.15. The van der Waals surface area contributed by atoms with Crippen molar-refractivity contribution in [2.45, 2.75) is 109 Å². The molecule has 4 heteroatoms. The number of aliphatic hydroxyl groups excluding tert-OH is 2. The number of hydrogen-bond donors (Lipinski definition) is 4. The highest BCUT2D eigenvalue weighted by molar-refractivity contribution is 4.67. The zero-order chi connectivity index (χ0) is 16.5. The van der Waals surface area contributed by atoms with E-state index in [4.69, 9.17) is 5.21 Å². The Hall–Kier alpha value is -0.160. The maximum absolute atomic E-state index is 9.95. The molecule has 0 aliphatic rings. The zero-order valence-electron chi connectivity index (χ0n) is 14.6. The summed E-state index contributed by atoms with van der Waals surface area (Å²) in [6, 6.07) is 0. The molecule has 134 valence electrons. The predicted octanol–water partition coefficient (Wildman–Crippen LogP) is 4.17. The maximum Gasteiger partial charge on any atom is 0.0799 e. The van der Waals surface area contributed by atoms with Gasteiger partial charge in [0.05, 0.1) is 12.2 Å². The van der Waals surface area contributed by atoms with Crippen molar-refractivity contribution in [2.24, 2.45) is 0 Å². The summed E-state index contributed by atoms with van der Waals surface area (Å²) in [6.45, 7) is 2.88. The highest BCUT2D eigenvalue weighted by atomic mass is 16.5. The minimum atomic E-state index is -0.547. The van der Waals surface area contributed by atoms with E-state index in [-0.39, 0.29) is 0 Å². The van der Waals surface area contributed by atoms with Gasteiger partial charge in [-0.25, -0.2) is 5.48 Å². The second-order valence-corrected chi connectivity index (χ2v) is 6.51. The Bertz CT molecular complexity index is 215. The smallest absolute Gasteiger partial charge is 0.0799 e. The molecule has 0 bridgehead atoms. The predicted molar refractivity (Wildman–Crippen MR) is 92.1 cm³/mol. The van der Waals surface area contributed by atoms with E-state index in [2.05, 4.69) is 12.4 Å². The third-order valence-electron chi connectivity index (χ3n) is 4.34. The quantitative estimate of drug-likeness (QED) is 0.240. The average molecular weight is 318 g/mol. The largest absolute Gasteiger partial charge is 0.390 e. The molecular formula is C18H39NO3. The summed E-state index contributed by atoms with van der Waals surface area (Å²) in [6.07, 6.45) is 14.3. The van der Waals surface area contributed by atoms with E-state index in [0.717, 1.165) is 44.9 Å². The van der Waals surface area contributed by atoms with Crippen LogP contribution in [0.15, 0.2) is 0 Å². The first-order valence-electron chi connectivity index (χ1n) is 9.45. The molecule has 0 aromatic rings. The molecule has 2 unspecified atom stereocenters. The second kappa shape index (κ2) is 17.2. The van der Waals surface area contributed by atoms with Crippen LogP contribution < -0.4 is 5.48 Å². The van der Waals surface area contributed by atoms with Crippen LogP contribution in [0.2, 0.25) is 0 Å². The van der Waals surface area contributed by atoms with E-state index >= 15 is 0 Å². The third kappa shape index (κ3) is 14.8. The molecule has 0 aromatic heterocycles. The van der Waals surface area contributed by atoms with Gasteiger partial charge in [0.15, 0.2) is 0 Å². The molecule has 2 atom stereocenters. The first-order valence-corrected chi connectivity index (χ1v) is 9.45. The first kappa shape index (κ1) is 21.8. The van der Waals surface area contributed by atoms with Crippen LogP contribution in [0.5, 0.6) is 0 Å². The molecule has 0 saturated carbocycles. The van der Waals surface area contributed by atoms with Crippen LogP contribution >= 0.6 is 0 Å². The van der Waals surface area contributed by atoms with Crippen LogP contribution in [0.4, 0.5) is 0 Å². The van der Waals surface area contributed by atoms with Crippen molar-refractivity contribution in [3.05, 3.63) is 0 Å². The van der Waals surface area contributed by atoms with Crippen molar-refractivity contribution in [2.75, 3.05) is 6.54 Å². The molecule has 4 N–H and O–H groups in total. The average Bonchev–Trinajstić information content (AvgIpc) is 2.52. The fourth-order valence-corrected chi connectivity index (χ4v) is 2.78. The summed E-state index contributed by atoms with van der Waals surface area (Å²) in [5.41, 5.74) is 2.17. The van der Waals surface area contributed by atoms with Crippen molar-refractivity contribution >= 4 is 0 Å². The molecule has 0 radical (unpaired) electrons. The highest BCUT2D eigenvalue weighted by Gasteiger charge is 2.14. The summed E-state index contributed by atoms with van der Waals surface area (Å²) in [5.74, 6) is 0. The normalized spacial score (nSPS) is 14.2. The van der Waals surface area contributed by atoms with Gasteiger partial charge in [0.1, 0.15) is 0 Å². The molecule has 0 fully saturated rings. The van der Waals surface area contributed by atoms with Crippen LogP contribution in [0, 0.1) is 0 Å². The van der Waals surface area contributed by atoms with Crippen molar-refractivity contribution < 1.29 is 15.4 Å². The van der Waals surface area contributed by atoms with E-state index in [0.29, 0.717) is 6.54 Å². The molecule has 0 aliphatic carbocycles. The summed E-state index contributed by atoms with van der Waals surface area (Å²) >= 11 is 0. The van der Waals surface area contributed by atoms with Gasteiger partial charge in [0, 0.05) is 6.54 Å². The fraction of sp³-hybridized carbons (Fsp3) is 1.00. The third-order valence-corrected chi connectivity index (χ3v) is 4.34. The fourth-order valence-electron chi connectivity index (χ4n) is 2.78. The van der Waals surface area contributed by atoms with Crippen LogP contribution in [0.3, 0.4) is 0 Å². The Balaban J connectivity index is 3.33. The first-order chi connectivity index (χ1) is 10.7. The SMILES string of the molecule is CCCCCCCCC(O)C(O)CCCCCCCCNO. The molecule has 0 aromatic carbocycles. The number of aliphatic hydroxyl groups is 2. The van der Waals surface area contributed by atoms with Crippen LogP contribution in [0.25, 0.3) is 0 Å². The van der Waals surface area contributed by atoms with E-state index in [1.165, 1.54) is 44.9 Å². The van der Waals surface area contributed by atoms with E-state index in [1.54, 1.807) is 0 Å². The standard InChI is InChI=1S/C18H39NO3/c1-2-3-4-5-8-11-14-17(20)18(21)15-12-9-6-7-10-13-16-19-22/h17-22H,2-16H2,1H3. The summed E-state index contributed by atoms with van der Waals surface area (Å²) in [4.78, 5) is 0. The van der Waals surface area contributed by atoms with Crippen molar-refractivity contribution in [1.82, 2.24) is 5.48 Å². The molecule has 0 spiro atoms. The van der Waals surface area contributed by atoms with Gasteiger partial charge in [-0.15, -0.1) is 0 Å². The van der Waals surface area contributed by atoms with Crippen molar-refractivity contribution in [1.29, 1.82) is 0 Å². The molecule has 4 nitrogen and oxygen atoms in total. The van der Waals surface area contributed by atoms with Gasteiger partial charge in [0.2, 0.25) is 0 Å². The lowest BCUT2D eigenvalue weighted by Gasteiger charge is -2.17. The van der Waals surface area contributed by atoms with Gasteiger partial charge in [-0.05, 0) is 19.3 Å². The monoisotopic (exact) mass is 317 g/mol. The molecular weight excluding hydrogens is 278 g/mol. The number of hydrogen-bond acceptors (Lipinski definition) is 4. The Morgan fingerprint density at radius 3 is 1.50 bits per heavy atom. The summed E-state index contributed by atoms with van der Waals surface area (Å²) < 4.78 is 0. The Morgan fingerprint density at radius 2 is 1.05 bits per heavy atom. The van der Waals surface area contributed by atoms with Crippen LogP contribution in [-0.2, 0) is 0 Å². The number of hydroxylamine groups is 1. The van der Waals surface area contributed by atoms with Gasteiger partial charge < -0.3 is 15.4 Å². The second-order valence-electron chi connectivity index (χ2n) is 6.51. The molecule has 22 heavy (non-hydrogen) atoms. The van der Waals surface area contributed by atoms with Crippen molar-refractivity contribution in [3.63, 3.8) is 0 Å². The van der Waals surface area contributed by atoms with E-state index in [9.17, 15) is 10.2 Å². The lowest BCUT2D eigenvalue weighted by Crippen LogP contribution is -2.25. The Labute approximate surface area is 137 Å². The molecule has 0 saturated heterocycles. The lowest BCUT2D eigenvalue weighted by atomic mass is 9.99. The summed E-state index contributed by atoms with van der Waals surface area (Å²) in [7, 11) is 0. The minimum absolute atomic E-state index is 0.540. The zero-order valence-corrected chi connectivity index (χ0v) is 14.6. The van der Waals surface area contributed by atoms with Gasteiger partial charge >= 0.3 is 0 Å². The summed E-state index contributed by atoms with van der Waals surface area (Å²) in [5, 5.41) is 28.3. The Kier molecular flexibility index (Phi) is 17.1. The van der Waals surface area contributed by atoms with Crippen LogP contribution in [0.1, 0.15) is 96.8 Å². The lowest BCUT2D eigenvalue weighted by molar-refractivity contribution is 0.00711. The topological polar surface area (TPSA) is 72.7 Å².